The Morgan fingerprint density at radius 3 is 2.72 bits per heavy atom. The lowest BCUT2D eigenvalue weighted by molar-refractivity contribution is 0.153. The maximum absolute atomic E-state index is 9.73. The zero-order chi connectivity index (χ0) is 13.0. The number of hydrogen-bond acceptors (Lipinski definition) is 5. The summed E-state index contributed by atoms with van der Waals surface area (Å²) in [6.45, 7) is 1.98. The van der Waals surface area contributed by atoms with Crippen LogP contribution < -0.4 is 0 Å². The van der Waals surface area contributed by atoms with Crippen LogP contribution in [0.2, 0.25) is 0 Å². The normalized spacial score (nSPS) is 12.1. The third-order valence-electron chi connectivity index (χ3n) is 2.56. The Balaban J connectivity index is 2.21. The molecule has 1 aromatic carbocycles. The van der Waals surface area contributed by atoms with E-state index in [-0.39, 0.29) is 0 Å². The second kappa shape index (κ2) is 5.43. The van der Waals surface area contributed by atoms with Gasteiger partial charge in [-0.1, -0.05) is 18.5 Å². The Morgan fingerprint density at radius 2 is 2.11 bits per heavy atom. The van der Waals surface area contributed by atoms with Gasteiger partial charge in [0.05, 0.1) is 11.6 Å². The van der Waals surface area contributed by atoms with E-state index in [0.29, 0.717) is 23.7 Å². The predicted molar refractivity (Wildman–Crippen MR) is 64.3 cm³/mol. The number of aromatic nitrogens is 2. The first-order valence-corrected chi connectivity index (χ1v) is 5.76. The summed E-state index contributed by atoms with van der Waals surface area (Å²) in [5.74, 6) is 0.654. The summed E-state index contributed by atoms with van der Waals surface area (Å²) >= 11 is 0. The lowest BCUT2D eigenvalue weighted by Gasteiger charge is -2.01. The monoisotopic (exact) mass is 243 g/mol. The van der Waals surface area contributed by atoms with Gasteiger partial charge >= 0.3 is 0 Å². The molecule has 0 bridgehead atoms. The van der Waals surface area contributed by atoms with E-state index < -0.39 is 6.10 Å². The van der Waals surface area contributed by atoms with Crippen LogP contribution in [-0.4, -0.2) is 15.2 Å². The minimum absolute atomic E-state index is 0.302. The minimum atomic E-state index is -0.689. The molecule has 5 nitrogen and oxygen atoms in total. The van der Waals surface area contributed by atoms with Gasteiger partial charge in [0, 0.05) is 5.56 Å². The first-order chi connectivity index (χ1) is 8.74. The molecule has 1 unspecified atom stereocenters. The molecule has 5 heteroatoms. The molecule has 2 rings (SSSR count). The maximum atomic E-state index is 9.73. The summed E-state index contributed by atoms with van der Waals surface area (Å²) < 4.78 is 5.09. The molecule has 0 saturated carbocycles. The van der Waals surface area contributed by atoms with E-state index in [2.05, 4.69) is 10.1 Å². The van der Waals surface area contributed by atoms with Crippen LogP contribution in [0.15, 0.2) is 28.8 Å². The number of nitrogens with zero attached hydrogens (tertiary/aromatic N) is 3. The Hall–Kier alpha value is -2.19. The molecule has 0 aliphatic heterocycles. The smallest absolute Gasteiger partial charge is 0.258 e. The highest BCUT2D eigenvalue weighted by atomic mass is 16.5. The molecule has 0 spiro atoms. The zero-order valence-electron chi connectivity index (χ0n) is 10.00. The van der Waals surface area contributed by atoms with Crippen molar-refractivity contribution in [3.63, 3.8) is 0 Å². The van der Waals surface area contributed by atoms with Crippen molar-refractivity contribution in [2.75, 3.05) is 0 Å². The van der Waals surface area contributed by atoms with Crippen LogP contribution in [0.3, 0.4) is 0 Å². The van der Waals surface area contributed by atoms with Crippen molar-refractivity contribution < 1.29 is 9.63 Å². The number of aliphatic hydroxyl groups excluding tert-OH is 1. The van der Waals surface area contributed by atoms with Crippen LogP contribution in [0.4, 0.5) is 0 Å². The summed E-state index contributed by atoms with van der Waals surface area (Å²) in [6, 6.07) is 8.88. The van der Waals surface area contributed by atoms with Crippen LogP contribution in [0.5, 0.6) is 0 Å². The minimum Gasteiger partial charge on any atom is -0.385 e. The molecule has 1 aromatic heterocycles. The highest BCUT2D eigenvalue weighted by molar-refractivity contribution is 5.54. The molecule has 0 saturated heterocycles. The van der Waals surface area contributed by atoms with Gasteiger partial charge in [-0.25, -0.2) is 0 Å². The average molecular weight is 243 g/mol. The molecule has 92 valence electrons. The number of benzene rings is 1. The van der Waals surface area contributed by atoms with Gasteiger partial charge in [-0.2, -0.15) is 10.2 Å². The molecule has 1 N–H and O–H groups in total. The molecule has 0 amide bonds. The Bertz CT molecular complexity index is 554. The van der Waals surface area contributed by atoms with Crippen LogP contribution in [0.1, 0.15) is 37.3 Å². The van der Waals surface area contributed by atoms with Gasteiger partial charge in [0.15, 0.2) is 0 Å². The van der Waals surface area contributed by atoms with Crippen LogP contribution in [0.25, 0.3) is 11.5 Å². The average Bonchev–Trinajstić information content (AvgIpc) is 2.89. The summed E-state index contributed by atoms with van der Waals surface area (Å²) in [5, 5.41) is 22.2. The molecular weight excluding hydrogens is 230 g/mol. The summed E-state index contributed by atoms with van der Waals surface area (Å²) in [4.78, 5) is 4.14. The van der Waals surface area contributed by atoms with E-state index in [0.717, 1.165) is 12.0 Å². The highest BCUT2D eigenvalue weighted by Crippen LogP contribution is 2.21. The lowest BCUT2D eigenvalue weighted by atomic mass is 10.1. The van der Waals surface area contributed by atoms with Crippen molar-refractivity contribution in [3.05, 3.63) is 35.7 Å². The summed E-state index contributed by atoms with van der Waals surface area (Å²) in [6.07, 6.45) is 0.764. The van der Waals surface area contributed by atoms with E-state index in [1.807, 2.05) is 13.0 Å². The second-order valence-corrected chi connectivity index (χ2v) is 3.95. The molecule has 0 radical (unpaired) electrons. The largest absolute Gasteiger partial charge is 0.385 e. The lowest BCUT2D eigenvalue weighted by Crippen LogP contribution is -1.98. The third kappa shape index (κ3) is 2.55. The summed E-state index contributed by atoms with van der Waals surface area (Å²) in [7, 11) is 0. The van der Waals surface area contributed by atoms with Crippen molar-refractivity contribution in [2.45, 2.75) is 25.9 Å². The van der Waals surface area contributed by atoms with Crippen LogP contribution in [0, 0.1) is 11.3 Å². The molecule has 18 heavy (non-hydrogen) atoms. The van der Waals surface area contributed by atoms with Gasteiger partial charge in [-0.15, -0.1) is 0 Å². The predicted octanol–water partition coefficient (Wildman–Crippen LogP) is 2.44. The number of hydrogen-bond donors (Lipinski definition) is 1. The first kappa shape index (κ1) is 12.3. The summed E-state index contributed by atoms with van der Waals surface area (Å²) in [5.41, 5.74) is 1.31. The van der Waals surface area contributed by atoms with E-state index in [1.54, 1.807) is 24.3 Å². The molecule has 0 aliphatic rings. The van der Waals surface area contributed by atoms with E-state index in [1.165, 1.54) is 0 Å². The van der Waals surface area contributed by atoms with Gasteiger partial charge in [-0.05, 0) is 30.7 Å². The molecule has 1 heterocycles. The van der Waals surface area contributed by atoms with Crippen molar-refractivity contribution in [1.82, 2.24) is 10.1 Å². The molecular formula is C13H13N3O2. The number of aliphatic hydroxyl groups is 1. The maximum Gasteiger partial charge on any atom is 0.258 e. The van der Waals surface area contributed by atoms with Crippen molar-refractivity contribution in [1.29, 1.82) is 5.26 Å². The molecule has 1 atom stereocenters. The second-order valence-electron chi connectivity index (χ2n) is 3.95. The van der Waals surface area contributed by atoms with Gasteiger partial charge in [-0.3, -0.25) is 0 Å². The van der Waals surface area contributed by atoms with Crippen LogP contribution in [-0.2, 0) is 0 Å². The van der Waals surface area contributed by atoms with Gasteiger partial charge in [0.25, 0.3) is 5.89 Å². The fourth-order valence-corrected chi connectivity index (χ4v) is 1.58. The zero-order valence-corrected chi connectivity index (χ0v) is 10.00. The Labute approximate surface area is 105 Å². The van der Waals surface area contributed by atoms with E-state index in [4.69, 9.17) is 9.78 Å². The fourth-order valence-electron chi connectivity index (χ4n) is 1.58. The molecule has 2 aromatic rings. The van der Waals surface area contributed by atoms with Gasteiger partial charge in [0.1, 0.15) is 6.10 Å². The van der Waals surface area contributed by atoms with E-state index >= 15 is 0 Å². The van der Waals surface area contributed by atoms with E-state index in [9.17, 15) is 5.11 Å². The topological polar surface area (TPSA) is 82.9 Å². The fraction of sp³-hybridized carbons (Fsp3) is 0.308. The quantitative estimate of drug-likeness (QED) is 0.891. The van der Waals surface area contributed by atoms with Gasteiger partial charge in [0.2, 0.25) is 5.82 Å². The molecule has 0 aliphatic carbocycles. The molecule has 0 fully saturated rings. The third-order valence-corrected chi connectivity index (χ3v) is 2.56. The number of rotatable bonds is 4. The highest BCUT2D eigenvalue weighted by Gasteiger charge is 2.15. The van der Waals surface area contributed by atoms with Crippen molar-refractivity contribution >= 4 is 0 Å². The van der Waals surface area contributed by atoms with Gasteiger partial charge < -0.3 is 9.63 Å². The van der Waals surface area contributed by atoms with Crippen LogP contribution >= 0.6 is 0 Å². The first-order valence-electron chi connectivity index (χ1n) is 5.76. The van der Waals surface area contributed by atoms with Crippen molar-refractivity contribution in [3.8, 4) is 17.5 Å². The Kier molecular flexibility index (Phi) is 3.70. The number of nitriles is 1. The Morgan fingerprint density at radius 1 is 1.39 bits per heavy atom. The SMILES string of the molecule is CCCC(O)c1noc(-c2ccc(C#N)cc2)n1. The standard InChI is InChI=1S/C13H13N3O2/c1-2-3-11(17)12-15-13(18-16-12)10-6-4-9(8-14)5-7-10/h4-7,11,17H,2-3H2,1H3. The van der Waals surface area contributed by atoms with Crippen molar-refractivity contribution in [2.24, 2.45) is 0 Å².